The van der Waals surface area contributed by atoms with Crippen LogP contribution in [0.2, 0.25) is 0 Å². The second-order valence-electron chi connectivity index (χ2n) is 6.84. The molecule has 1 saturated carbocycles. The molecule has 0 saturated heterocycles. The van der Waals surface area contributed by atoms with Gasteiger partial charge in [-0.3, -0.25) is 0 Å². The zero-order valence-electron chi connectivity index (χ0n) is 16.2. The summed E-state index contributed by atoms with van der Waals surface area (Å²) in [7, 11) is 1.81. The Morgan fingerprint density at radius 2 is 1.89 bits per heavy atom. The third-order valence-corrected chi connectivity index (χ3v) is 5.18. The second-order valence-corrected chi connectivity index (χ2v) is 6.84. The molecule has 0 aliphatic heterocycles. The van der Waals surface area contributed by atoms with Crippen LogP contribution in [0.4, 0.5) is 0 Å². The van der Waals surface area contributed by atoms with E-state index in [4.69, 9.17) is 9.47 Å². The molecule has 0 N–H and O–H groups in total. The normalized spacial score (nSPS) is 14.1. The predicted molar refractivity (Wildman–Crippen MR) is 104 cm³/mol. The average molecular weight is 366 g/mol. The summed E-state index contributed by atoms with van der Waals surface area (Å²) in [5.74, 6) is 0.422. The summed E-state index contributed by atoms with van der Waals surface area (Å²) in [5.41, 5.74) is 3.26. The van der Waals surface area contributed by atoms with Crippen LogP contribution in [-0.4, -0.2) is 23.2 Å². The molecular formula is C22H26N2O3. The van der Waals surface area contributed by atoms with Gasteiger partial charge >= 0.3 is 5.97 Å². The largest absolute Gasteiger partial charge is 0.490 e. The highest BCUT2D eigenvalue weighted by Gasteiger charge is 2.27. The predicted octanol–water partition coefficient (Wildman–Crippen LogP) is 4.62. The van der Waals surface area contributed by atoms with Crippen LogP contribution < -0.4 is 4.74 Å². The quantitative estimate of drug-likeness (QED) is 0.700. The number of benzene rings is 1. The van der Waals surface area contributed by atoms with Crippen molar-refractivity contribution in [2.45, 2.75) is 52.1 Å². The lowest BCUT2D eigenvalue weighted by Gasteiger charge is -2.13. The van der Waals surface area contributed by atoms with Crippen molar-refractivity contribution in [3.8, 4) is 22.9 Å². The molecule has 27 heavy (non-hydrogen) atoms. The fourth-order valence-electron chi connectivity index (χ4n) is 3.89. The summed E-state index contributed by atoms with van der Waals surface area (Å²) < 4.78 is 13.1. The zero-order valence-corrected chi connectivity index (χ0v) is 16.2. The number of esters is 1. The van der Waals surface area contributed by atoms with E-state index in [1.807, 2.05) is 38.2 Å². The van der Waals surface area contributed by atoms with E-state index in [-0.39, 0.29) is 0 Å². The molecule has 3 rings (SSSR count). The van der Waals surface area contributed by atoms with E-state index in [0.29, 0.717) is 36.0 Å². The fraction of sp³-hybridized carbons (Fsp3) is 0.455. The third-order valence-electron chi connectivity index (χ3n) is 5.18. The molecule has 1 heterocycles. The van der Waals surface area contributed by atoms with Gasteiger partial charge in [-0.25, -0.2) is 4.79 Å². The molecule has 0 spiro atoms. The maximum absolute atomic E-state index is 12.6. The molecule has 5 nitrogen and oxygen atoms in total. The Hall–Kier alpha value is -2.74. The molecule has 1 aliphatic rings. The van der Waals surface area contributed by atoms with Crippen molar-refractivity contribution in [3.05, 3.63) is 41.2 Å². The van der Waals surface area contributed by atoms with Gasteiger partial charge in [0.1, 0.15) is 17.5 Å². The van der Waals surface area contributed by atoms with Gasteiger partial charge in [-0.1, -0.05) is 19.1 Å². The van der Waals surface area contributed by atoms with Crippen LogP contribution in [0, 0.1) is 11.3 Å². The lowest BCUT2D eigenvalue weighted by atomic mass is 10.00. The van der Waals surface area contributed by atoms with E-state index in [0.717, 1.165) is 29.8 Å². The Kier molecular flexibility index (Phi) is 5.85. The Morgan fingerprint density at radius 1 is 1.22 bits per heavy atom. The number of hydrogen-bond acceptors (Lipinski definition) is 4. The topological polar surface area (TPSA) is 64.2 Å². The van der Waals surface area contributed by atoms with Crippen LogP contribution in [0.25, 0.3) is 11.1 Å². The van der Waals surface area contributed by atoms with E-state index in [1.165, 1.54) is 12.8 Å². The van der Waals surface area contributed by atoms with E-state index in [9.17, 15) is 10.1 Å². The molecule has 0 unspecified atom stereocenters. The van der Waals surface area contributed by atoms with Crippen molar-refractivity contribution in [2.75, 3.05) is 6.61 Å². The van der Waals surface area contributed by atoms with Crippen molar-refractivity contribution in [1.82, 2.24) is 4.57 Å². The van der Waals surface area contributed by atoms with E-state index >= 15 is 0 Å². The molecule has 0 bridgehead atoms. The SMILES string of the molecule is CCOC(=O)c1c(-c2ccc(OC3CCCC3)cc2)c(C#N)c(CC)n1C. The van der Waals surface area contributed by atoms with Gasteiger partial charge in [-0.2, -0.15) is 5.26 Å². The smallest absolute Gasteiger partial charge is 0.355 e. The highest BCUT2D eigenvalue weighted by Crippen LogP contribution is 2.34. The van der Waals surface area contributed by atoms with Crippen molar-refractivity contribution in [1.29, 1.82) is 5.26 Å². The standard InChI is InChI=1S/C22H26N2O3/c1-4-19-18(14-23)20(21(24(19)3)22(25)26-5-2)15-10-12-17(13-11-15)27-16-8-6-7-9-16/h10-13,16H,4-9H2,1-3H3. The van der Waals surface area contributed by atoms with Crippen molar-refractivity contribution in [3.63, 3.8) is 0 Å². The Labute approximate surface area is 160 Å². The van der Waals surface area contributed by atoms with Crippen molar-refractivity contribution >= 4 is 5.97 Å². The number of carbonyl (C=O) groups excluding carboxylic acids is 1. The molecule has 5 heteroatoms. The van der Waals surface area contributed by atoms with Gasteiger partial charge in [-0.15, -0.1) is 0 Å². The average Bonchev–Trinajstić information content (AvgIpc) is 3.27. The highest BCUT2D eigenvalue weighted by molar-refractivity contribution is 5.98. The monoisotopic (exact) mass is 366 g/mol. The first-order valence-corrected chi connectivity index (χ1v) is 9.66. The summed E-state index contributed by atoms with van der Waals surface area (Å²) >= 11 is 0. The van der Waals surface area contributed by atoms with Gasteiger partial charge in [-0.05, 0) is 56.7 Å². The molecule has 0 amide bonds. The Bertz CT molecular complexity index is 853. The number of nitriles is 1. The van der Waals surface area contributed by atoms with Gasteiger partial charge < -0.3 is 14.0 Å². The van der Waals surface area contributed by atoms with Gasteiger partial charge in [0, 0.05) is 18.3 Å². The number of nitrogens with zero attached hydrogens (tertiary/aromatic N) is 2. The molecule has 2 aromatic rings. The number of rotatable bonds is 6. The molecular weight excluding hydrogens is 340 g/mol. The molecule has 1 aromatic carbocycles. The maximum atomic E-state index is 12.6. The van der Waals surface area contributed by atoms with Crippen LogP contribution >= 0.6 is 0 Å². The summed E-state index contributed by atoms with van der Waals surface area (Å²) in [6.45, 7) is 4.05. The molecule has 1 aliphatic carbocycles. The summed E-state index contributed by atoms with van der Waals surface area (Å²) in [4.78, 5) is 12.6. The first-order chi connectivity index (χ1) is 13.1. The van der Waals surface area contributed by atoms with Crippen LogP contribution in [0.15, 0.2) is 24.3 Å². The minimum atomic E-state index is -0.405. The van der Waals surface area contributed by atoms with Crippen LogP contribution in [0.3, 0.4) is 0 Å². The van der Waals surface area contributed by atoms with E-state index in [1.54, 1.807) is 11.5 Å². The third kappa shape index (κ3) is 3.71. The van der Waals surface area contributed by atoms with Crippen molar-refractivity contribution < 1.29 is 14.3 Å². The van der Waals surface area contributed by atoms with Gasteiger partial charge in [0.25, 0.3) is 0 Å². The lowest BCUT2D eigenvalue weighted by molar-refractivity contribution is 0.0516. The molecule has 1 fully saturated rings. The zero-order chi connectivity index (χ0) is 19.4. The van der Waals surface area contributed by atoms with Crippen molar-refractivity contribution in [2.24, 2.45) is 7.05 Å². The van der Waals surface area contributed by atoms with Gasteiger partial charge in [0.15, 0.2) is 0 Å². The number of aromatic nitrogens is 1. The minimum absolute atomic E-state index is 0.293. The Balaban J connectivity index is 2.01. The van der Waals surface area contributed by atoms with Crippen LogP contribution in [0.5, 0.6) is 5.75 Å². The Morgan fingerprint density at radius 3 is 2.44 bits per heavy atom. The molecule has 0 atom stereocenters. The van der Waals surface area contributed by atoms with Gasteiger partial charge in [0.05, 0.1) is 18.3 Å². The van der Waals surface area contributed by atoms with Crippen LogP contribution in [-0.2, 0) is 18.2 Å². The summed E-state index contributed by atoms with van der Waals surface area (Å²) in [5, 5.41) is 9.75. The maximum Gasteiger partial charge on any atom is 0.355 e. The highest BCUT2D eigenvalue weighted by atomic mass is 16.5. The van der Waals surface area contributed by atoms with Crippen LogP contribution in [0.1, 0.15) is 61.3 Å². The second kappa shape index (κ2) is 8.30. The minimum Gasteiger partial charge on any atom is -0.490 e. The summed E-state index contributed by atoms with van der Waals surface area (Å²) in [6.07, 6.45) is 5.61. The molecule has 0 radical (unpaired) electrons. The van der Waals surface area contributed by atoms with E-state index in [2.05, 4.69) is 6.07 Å². The first-order valence-electron chi connectivity index (χ1n) is 9.66. The number of ether oxygens (including phenoxy) is 2. The number of carbonyl (C=O) groups is 1. The van der Waals surface area contributed by atoms with Gasteiger partial charge in [0.2, 0.25) is 0 Å². The fourth-order valence-corrected chi connectivity index (χ4v) is 3.89. The number of hydrogen-bond donors (Lipinski definition) is 0. The molecule has 142 valence electrons. The van der Waals surface area contributed by atoms with E-state index < -0.39 is 5.97 Å². The first kappa shape index (κ1) is 19.0. The summed E-state index contributed by atoms with van der Waals surface area (Å²) in [6, 6.07) is 9.96. The lowest BCUT2D eigenvalue weighted by Crippen LogP contribution is -2.12. The molecule has 1 aromatic heterocycles.